The molecule has 0 saturated carbocycles. The van der Waals surface area contributed by atoms with E-state index in [2.05, 4.69) is 0 Å². The maximum absolute atomic E-state index is 12.1. The Morgan fingerprint density at radius 2 is 2.20 bits per heavy atom. The minimum absolute atomic E-state index is 0.438. The van der Waals surface area contributed by atoms with Crippen LogP contribution in [0.4, 0.5) is 4.39 Å². The summed E-state index contributed by atoms with van der Waals surface area (Å²) >= 11 is 0. The molecule has 0 saturated heterocycles. The van der Waals surface area contributed by atoms with Crippen LogP contribution in [0.2, 0.25) is 0 Å². The van der Waals surface area contributed by atoms with Crippen molar-refractivity contribution in [2.24, 2.45) is 0 Å². The molecule has 0 aliphatic rings. The summed E-state index contributed by atoms with van der Waals surface area (Å²) in [5.41, 5.74) is 2.13. The summed E-state index contributed by atoms with van der Waals surface area (Å²) in [5.74, 6) is 0. The van der Waals surface area contributed by atoms with E-state index in [1.165, 1.54) is 5.56 Å². The number of rotatable bonds is 1. The van der Waals surface area contributed by atoms with Crippen molar-refractivity contribution in [2.75, 3.05) is 0 Å². The van der Waals surface area contributed by atoms with Gasteiger partial charge in [-0.05, 0) is 12.5 Å². The molecular formula is C8H11FN+. The van der Waals surface area contributed by atoms with Crippen LogP contribution in [0.15, 0.2) is 18.3 Å². The van der Waals surface area contributed by atoms with Crippen LogP contribution in [-0.4, -0.2) is 0 Å². The average molecular weight is 140 g/mol. The van der Waals surface area contributed by atoms with Crippen molar-refractivity contribution in [3.8, 4) is 0 Å². The van der Waals surface area contributed by atoms with Crippen LogP contribution >= 0.6 is 0 Å². The van der Waals surface area contributed by atoms with Gasteiger partial charge in [-0.2, -0.15) is 8.96 Å². The van der Waals surface area contributed by atoms with Gasteiger partial charge in [0.25, 0.3) is 6.80 Å². The minimum atomic E-state index is -0.438. The Balaban J connectivity index is 3.07. The van der Waals surface area contributed by atoms with Crippen molar-refractivity contribution in [1.82, 2.24) is 0 Å². The Labute approximate surface area is 60.1 Å². The van der Waals surface area contributed by atoms with Crippen molar-refractivity contribution in [3.63, 3.8) is 0 Å². The zero-order chi connectivity index (χ0) is 7.56. The van der Waals surface area contributed by atoms with Gasteiger partial charge in [0.1, 0.15) is 0 Å². The summed E-state index contributed by atoms with van der Waals surface area (Å²) in [4.78, 5) is 0. The van der Waals surface area contributed by atoms with Gasteiger partial charge < -0.3 is 0 Å². The molecular weight excluding hydrogens is 129 g/mol. The van der Waals surface area contributed by atoms with Gasteiger partial charge in [-0.1, -0.05) is 0 Å². The lowest BCUT2D eigenvalue weighted by Crippen LogP contribution is -2.34. The molecule has 0 radical (unpaired) electrons. The number of hydrogen-bond donors (Lipinski definition) is 0. The van der Waals surface area contributed by atoms with E-state index in [0.29, 0.717) is 0 Å². The van der Waals surface area contributed by atoms with Gasteiger partial charge in [-0.25, -0.2) is 0 Å². The van der Waals surface area contributed by atoms with Crippen molar-refractivity contribution in [3.05, 3.63) is 29.6 Å². The molecule has 1 rings (SSSR count). The smallest absolute Gasteiger partial charge is 0.177 e. The lowest BCUT2D eigenvalue weighted by molar-refractivity contribution is -0.724. The summed E-state index contributed by atoms with van der Waals surface area (Å²) in [7, 11) is 0. The Hall–Kier alpha value is -0.920. The van der Waals surface area contributed by atoms with E-state index in [1.54, 1.807) is 10.8 Å². The summed E-state index contributed by atoms with van der Waals surface area (Å²) in [6.07, 6.45) is 1.75. The van der Waals surface area contributed by atoms with Gasteiger partial charge in [0.05, 0.1) is 0 Å². The first-order valence-corrected chi connectivity index (χ1v) is 3.26. The normalized spacial score (nSPS) is 9.90. The Kier molecular flexibility index (Phi) is 2.00. The number of pyridine rings is 1. The van der Waals surface area contributed by atoms with Crippen molar-refractivity contribution < 1.29 is 8.96 Å². The first kappa shape index (κ1) is 7.19. The molecule has 0 fully saturated rings. The first-order valence-electron chi connectivity index (χ1n) is 3.26. The molecule has 0 unspecified atom stereocenters. The Morgan fingerprint density at radius 1 is 1.50 bits per heavy atom. The fourth-order valence-electron chi connectivity index (χ4n) is 0.920. The van der Waals surface area contributed by atoms with Crippen LogP contribution in [0, 0.1) is 13.8 Å². The maximum Gasteiger partial charge on any atom is 0.289 e. The lowest BCUT2D eigenvalue weighted by Gasteiger charge is -1.94. The third-order valence-electron chi connectivity index (χ3n) is 1.54. The number of halogens is 1. The third-order valence-corrected chi connectivity index (χ3v) is 1.54. The lowest BCUT2D eigenvalue weighted by atomic mass is 10.2. The maximum atomic E-state index is 12.1. The van der Waals surface area contributed by atoms with Crippen LogP contribution in [-0.2, 0) is 6.80 Å². The van der Waals surface area contributed by atoms with Gasteiger partial charge in [-0.15, -0.1) is 0 Å². The van der Waals surface area contributed by atoms with Gasteiger partial charge in [-0.3, -0.25) is 0 Å². The van der Waals surface area contributed by atoms with Crippen molar-refractivity contribution in [2.45, 2.75) is 20.6 Å². The fraction of sp³-hybridized carbons (Fsp3) is 0.375. The van der Waals surface area contributed by atoms with Crippen LogP contribution in [0.25, 0.3) is 0 Å². The zero-order valence-corrected chi connectivity index (χ0v) is 6.26. The van der Waals surface area contributed by atoms with Gasteiger partial charge in [0.15, 0.2) is 11.9 Å². The highest BCUT2D eigenvalue weighted by Crippen LogP contribution is 1.95. The van der Waals surface area contributed by atoms with E-state index in [-0.39, 0.29) is 0 Å². The second-order valence-electron chi connectivity index (χ2n) is 2.43. The molecule has 0 atom stereocenters. The van der Waals surface area contributed by atoms with Crippen LogP contribution in [0.1, 0.15) is 11.3 Å². The molecule has 0 bridgehead atoms. The number of nitrogens with zero attached hydrogens (tertiary/aromatic N) is 1. The quantitative estimate of drug-likeness (QED) is 0.521. The Morgan fingerprint density at radius 3 is 2.70 bits per heavy atom. The molecule has 0 amide bonds. The number of hydrogen-bond acceptors (Lipinski definition) is 0. The van der Waals surface area contributed by atoms with Crippen molar-refractivity contribution >= 4 is 0 Å². The molecule has 1 nitrogen and oxygen atoms in total. The van der Waals surface area contributed by atoms with E-state index < -0.39 is 6.80 Å². The van der Waals surface area contributed by atoms with E-state index >= 15 is 0 Å². The van der Waals surface area contributed by atoms with E-state index in [1.807, 2.05) is 26.0 Å². The van der Waals surface area contributed by atoms with Gasteiger partial charge in [0, 0.05) is 19.1 Å². The Bertz CT molecular complexity index is 233. The number of aromatic nitrogens is 1. The number of alkyl halides is 1. The molecule has 0 aromatic carbocycles. The second kappa shape index (κ2) is 2.78. The monoisotopic (exact) mass is 140 g/mol. The molecule has 1 aromatic rings. The molecule has 0 spiro atoms. The molecule has 0 N–H and O–H groups in total. The predicted octanol–water partition coefficient (Wildman–Crippen LogP) is 1.52. The first-order chi connectivity index (χ1) is 4.74. The van der Waals surface area contributed by atoms with Gasteiger partial charge in [0.2, 0.25) is 0 Å². The highest BCUT2D eigenvalue weighted by atomic mass is 19.1. The SMILES string of the molecule is Cc1cc[n+](CF)c(C)c1. The molecule has 1 aromatic heterocycles. The average Bonchev–Trinajstić information content (AvgIpc) is 1.88. The highest BCUT2D eigenvalue weighted by molar-refractivity contribution is 5.08. The van der Waals surface area contributed by atoms with Crippen LogP contribution in [0.3, 0.4) is 0 Å². The van der Waals surface area contributed by atoms with E-state index in [4.69, 9.17) is 0 Å². The van der Waals surface area contributed by atoms with Gasteiger partial charge >= 0.3 is 0 Å². The fourth-order valence-corrected chi connectivity index (χ4v) is 0.920. The second-order valence-corrected chi connectivity index (χ2v) is 2.43. The summed E-state index contributed by atoms with van der Waals surface area (Å²) in [6, 6.07) is 3.85. The molecule has 1 heterocycles. The number of aryl methyl sites for hydroxylation is 2. The van der Waals surface area contributed by atoms with E-state index in [0.717, 1.165) is 5.69 Å². The topological polar surface area (TPSA) is 3.88 Å². The van der Waals surface area contributed by atoms with Crippen molar-refractivity contribution in [1.29, 1.82) is 0 Å². The zero-order valence-electron chi connectivity index (χ0n) is 6.26. The minimum Gasteiger partial charge on any atom is -0.177 e. The van der Waals surface area contributed by atoms with Crippen LogP contribution in [0.5, 0.6) is 0 Å². The summed E-state index contributed by atoms with van der Waals surface area (Å²) in [5, 5.41) is 0. The summed E-state index contributed by atoms with van der Waals surface area (Å²) in [6.45, 7) is 3.45. The molecule has 54 valence electrons. The largest absolute Gasteiger partial charge is 0.289 e. The highest BCUT2D eigenvalue weighted by Gasteiger charge is 2.02. The molecule has 10 heavy (non-hydrogen) atoms. The van der Waals surface area contributed by atoms with Crippen LogP contribution < -0.4 is 4.57 Å². The standard InChI is InChI=1S/C8H11FN/c1-7-3-4-10(6-9)8(2)5-7/h3-5H,6H2,1-2H3/q+1. The van der Waals surface area contributed by atoms with E-state index in [9.17, 15) is 4.39 Å². The molecule has 2 heteroatoms. The summed E-state index contributed by atoms with van der Waals surface area (Å²) < 4.78 is 13.6. The predicted molar refractivity (Wildman–Crippen MR) is 37.2 cm³/mol. The molecule has 0 aliphatic heterocycles. The third kappa shape index (κ3) is 1.32. The molecule has 0 aliphatic carbocycles.